The number of hydrogen-bond acceptors (Lipinski definition) is 3. The van der Waals surface area contributed by atoms with Gasteiger partial charge >= 0.3 is 0 Å². The molecule has 96 valence electrons. The van der Waals surface area contributed by atoms with E-state index in [0.29, 0.717) is 17.1 Å². The number of pyridine rings is 1. The molecule has 0 saturated heterocycles. The van der Waals surface area contributed by atoms with Crippen molar-refractivity contribution in [2.45, 2.75) is 0 Å². The SMILES string of the molecule is N#Cc1cc(Br)ccc1Oc1cccc2cccnc12. The van der Waals surface area contributed by atoms with Crippen LogP contribution in [0.25, 0.3) is 10.9 Å². The third-order valence-corrected chi connectivity index (χ3v) is 3.37. The van der Waals surface area contributed by atoms with Gasteiger partial charge in [-0.3, -0.25) is 4.98 Å². The van der Waals surface area contributed by atoms with Gasteiger partial charge in [-0.1, -0.05) is 34.1 Å². The van der Waals surface area contributed by atoms with E-state index in [-0.39, 0.29) is 0 Å². The van der Waals surface area contributed by atoms with Crippen LogP contribution < -0.4 is 4.74 Å². The standard InChI is InChI=1S/C16H9BrN2O/c17-13-6-7-14(12(9-13)10-18)20-15-5-1-3-11-4-2-8-19-16(11)15/h1-9H. The Balaban J connectivity index is 2.08. The maximum Gasteiger partial charge on any atom is 0.153 e. The van der Waals surface area contributed by atoms with Crippen LogP contribution >= 0.6 is 15.9 Å². The Labute approximate surface area is 124 Å². The van der Waals surface area contributed by atoms with Crippen molar-refractivity contribution in [2.75, 3.05) is 0 Å². The molecule has 1 aromatic heterocycles. The number of aromatic nitrogens is 1. The van der Waals surface area contributed by atoms with Gasteiger partial charge in [0.05, 0.1) is 5.56 Å². The van der Waals surface area contributed by atoms with E-state index in [1.807, 2.05) is 36.4 Å². The molecule has 0 bridgehead atoms. The van der Waals surface area contributed by atoms with Gasteiger partial charge < -0.3 is 4.74 Å². The average molecular weight is 325 g/mol. The average Bonchev–Trinajstić information content (AvgIpc) is 2.49. The van der Waals surface area contributed by atoms with E-state index < -0.39 is 0 Å². The summed E-state index contributed by atoms with van der Waals surface area (Å²) in [6.45, 7) is 0. The molecule has 2 aromatic carbocycles. The Morgan fingerprint density at radius 3 is 2.75 bits per heavy atom. The second-order valence-electron chi connectivity index (χ2n) is 4.19. The van der Waals surface area contributed by atoms with Crippen molar-refractivity contribution >= 4 is 26.8 Å². The number of halogens is 1. The highest BCUT2D eigenvalue weighted by Crippen LogP contribution is 2.31. The molecule has 1 heterocycles. The number of fused-ring (bicyclic) bond motifs is 1. The molecular formula is C16H9BrN2O. The lowest BCUT2D eigenvalue weighted by Crippen LogP contribution is -1.90. The van der Waals surface area contributed by atoms with Crippen LogP contribution in [0.5, 0.6) is 11.5 Å². The molecule has 0 aliphatic carbocycles. The van der Waals surface area contributed by atoms with Crippen molar-refractivity contribution in [3.05, 3.63) is 64.8 Å². The fraction of sp³-hybridized carbons (Fsp3) is 0. The van der Waals surface area contributed by atoms with Gasteiger partial charge in [0, 0.05) is 16.1 Å². The van der Waals surface area contributed by atoms with Crippen LogP contribution in [0.15, 0.2) is 59.2 Å². The Morgan fingerprint density at radius 2 is 1.90 bits per heavy atom. The highest BCUT2D eigenvalue weighted by Gasteiger charge is 2.08. The number of nitriles is 1. The first-order valence-corrected chi connectivity index (χ1v) is 6.78. The number of nitrogens with zero attached hydrogens (tertiary/aromatic N) is 2. The Kier molecular flexibility index (Phi) is 3.36. The molecule has 3 nitrogen and oxygen atoms in total. The highest BCUT2D eigenvalue weighted by atomic mass is 79.9. The number of ether oxygens (including phenoxy) is 1. The highest BCUT2D eigenvalue weighted by molar-refractivity contribution is 9.10. The zero-order valence-corrected chi connectivity index (χ0v) is 12.0. The van der Waals surface area contributed by atoms with E-state index in [4.69, 9.17) is 10.00 Å². The van der Waals surface area contributed by atoms with Gasteiger partial charge in [0.2, 0.25) is 0 Å². The zero-order valence-electron chi connectivity index (χ0n) is 10.4. The smallest absolute Gasteiger partial charge is 0.153 e. The van der Waals surface area contributed by atoms with Gasteiger partial charge in [0.15, 0.2) is 5.75 Å². The van der Waals surface area contributed by atoms with E-state index in [1.165, 1.54) is 0 Å². The van der Waals surface area contributed by atoms with Crippen molar-refractivity contribution in [1.82, 2.24) is 4.98 Å². The maximum absolute atomic E-state index is 9.17. The molecular weight excluding hydrogens is 316 g/mol. The van der Waals surface area contributed by atoms with Crippen LogP contribution in [0, 0.1) is 11.3 Å². The lowest BCUT2D eigenvalue weighted by molar-refractivity contribution is 0.485. The molecule has 0 fully saturated rings. The quantitative estimate of drug-likeness (QED) is 0.688. The van der Waals surface area contributed by atoms with E-state index in [9.17, 15) is 0 Å². The summed E-state index contributed by atoms with van der Waals surface area (Å²) in [5.41, 5.74) is 1.26. The van der Waals surface area contributed by atoms with E-state index >= 15 is 0 Å². The molecule has 0 atom stereocenters. The molecule has 20 heavy (non-hydrogen) atoms. The molecule has 0 aliphatic heterocycles. The van der Waals surface area contributed by atoms with Gasteiger partial charge in [-0.15, -0.1) is 0 Å². The lowest BCUT2D eigenvalue weighted by Gasteiger charge is -2.09. The topological polar surface area (TPSA) is 45.9 Å². The third kappa shape index (κ3) is 2.36. The first-order chi connectivity index (χ1) is 9.78. The Bertz CT molecular complexity index is 819. The van der Waals surface area contributed by atoms with Crippen LogP contribution in [-0.2, 0) is 0 Å². The van der Waals surface area contributed by atoms with Crippen molar-refractivity contribution in [1.29, 1.82) is 5.26 Å². The summed E-state index contributed by atoms with van der Waals surface area (Å²) in [6.07, 6.45) is 1.72. The summed E-state index contributed by atoms with van der Waals surface area (Å²) in [7, 11) is 0. The van der Waals surface area contributed by atoms with Crippen molar-refractivity contribution in [2.24, 2.45) is 0 Å². The lowest BCUT2D eigenvalue weighted by atomic mass is 10.2. The number of benzene rings is 2. The molecule has 0 spiro atoms. The maximum atomic E-state index is 9.17. The van der Waals surface area contributed by atoms with E-state index in [0.717, 1.165) is 15.4 Å². The summed E-state index contributed by atoms with van der Waals surface area (Å²) >= 11 is 3.34. The predicted molar refractivity (Wildman–Crippen MR) is 80.7 cm³/mol. The van der Waals surface area contributed by atoms with E-state index in [2.05, 4.69) is 27.0 Å². The minimum absolute atomic E-state index is 0.479. The van der Waals surface area contributed by atoms with Gasteiger partial charge in [-0.2, -0.15) is 5.26 Å². The normalized spacial score (nSPS) is 10.2. The summed E-state index contributed by atoms with van der Waals surface area (Å²) in [5.74, 6) is 1.16. The van der Waals surface area contributed by atoms with Gasteiger partial charge in [0.1, 0.15) is 17.3 Å². The Hall–Kier alpha value is -2.38. The fourth-order valence-corrected chi connectivity index (χ4v) is 2.32. The summed E-state index contributed by atoms with van der Waals surface area (Å²) in [6, 6.07) is 17.1. The first-order valence-electron chi connectivity index (χ1n) is 5.99. The molecule has 0 N–H and O–H groups in total. The van der Waals surface area contributed by atoms with E-state index in [1.54, 1.807) is 18.3 Å². The van der Waals surface area contributed by atoms with Crippen LogP contribution in [-0.4, -0.2) is 4.98 Å². The number of rotatable bonds is 2. The first kappa shape index (κ1) is 12.6. The summed E-state index contributed by atoms with van der Waals surface area (Å²) in [5, 5.41) is 10.2. The Morgan fingerprint density at radius 1 is 1.05 bits per heavy atom. The summed E-state index contributed by atoms with van der Waals surface area (Å²) in [4.78, 5) is 4.33. The number of para-hydroxylation sites is 1. The largest absolute Gasteiger partial charge is 0.454 e. The van der Waals surface area contributed by atoms with Gasteiger partial charge in [-0.05, 0) is 30.3 Å². The fourth-order valence-electron chi connectivity index (χ4n) is 1.96. The molecule has 0 unspecified atom stereocenters. The van der Waals surface area contributed by atoms with Crippen LogP contribution in [0.1, 0.15) is 5.56 Å². The van der Waals surface area contributed by atoms with Crippen molar-refractivity contribution in [3.8, 4) is 17.6 Å². The van der Waals surface area contributed by atoms with Gasteiger partial charge in [0.25, 0.3) is 0 Å². The molecule has 0 aliphatic rings. The molecule has 3 aromatic rings. The molecule has 0 saturated carbocycles. The molecule has 3 rings (SSSR count). The van der Waals surface area contributed by atoms with Crippen LogP contribution in [0.4, 0.5) is 0 Å². The second-order valence-corrected chi connectivity index (χ2v) is 5.10. The zero-order chi connectivity index (χ0) is 13.9. The predicted octanol–water partition coefficient (Wildman–Crippen LogP) is 4.66. The monoisotopic (exact) mass is 324 g/mol. The molecule has 0 radical (unpaired) electrons. The van der Waals surface area contributed by atoms with Crippen molar-refractivity contribution < 1.29 is 4.74 Å². The van der Waals surface area contributed by atoms with Crippen LogP contribution in [0.3, 0.4) is 0 Å². The number of hydrogen-bond donors (Lipinski definition) is 0. The van der Waals surface area contributed by atoms with Crippen molar-refractivity contribution in [3.63, 3.8) is 0 Å². The molecule has 0 amide bonds. The minimum Gasteiger partial charge on any atom is -0.454 e. The van der Waals surface area contributed by atoms with Crippen LogP contribution in [0.2, 0.25) is 0 Å². The second kappa shape index (κ2) is 5.32. The van der Waals surface area contributed by atoms with Gasteiger partial charge in [-0.25, -0.2) is 0 Å². The summed E-state index contributed by atoms with van der Waals surface area (Å²) < 4.78 is 6.71. The minimum atomic E-state index is 0.479. The third-order valence-electron chi connectivity index (χ3n) is 2.88. The molecule has 4 heteroatoms.